The van der Waals surface area contributed by atoms with Crippen molar-refractivity contribution in [3.63, 3.8) is 0 Å². The van der Waals surface area contributed by atoms with E-state index in [-0.39, 0.29) is 28.9 Å². The molecule has 0 spiro atoms. The maximum atomic E-state index is 6.39. The van der Waals surface area contributed by atoms with E-state index in [4.69, 9.17) is 9.47 Å². The van der Waals surface area contributed by atoms with E-state index in [1.165, 1.54) is 0 Å². The molecule has 0 aromatic heterocycles. The maximum Gasteiger partial charge on any atom is 0.0885 e. The highest BCUT2D eigenvalue weighted by atomic mass is 16.6. The standard InChI is InChI=1S/C20H44N2O2/c1-14(2)21-16(4)19(9,10)24-17(5)20(11,12)23-13-15(3)22-18(6,7)8/h14-17,21-22H,13H2,1-12H3. The van der Waals surface area contributed by atoms with Gasteiger partial charge in [-0.25, -0.2) is 0 Å². The van der Waals surface area contributed by atoms with Crippen LogP contribution in [0, 0.1) is 0 Å². The molecule has 0 radical (unpaired) electrons. The Balaban J connectivity index is 4.63. The number of ether oxygens (including phenoxy) is 2. The average Bonchev–Trinajstić information content (AvgIpc) is 2.33. The van der Waals surface area contributed by atoms with E-state index in [9.17, 15) is 0 Å². The van der Waals surface area contributed by atoms with Crippen LogP contribution in [0.3, 0.4) is 0 Å². The van der Waals surface area contributed by atoms with E-state index in [1.54, 1.807) is 0 Å². The number of hydrogen-bond acceptors (Lipinski definition) is 4. The van der Waals surface area contributed by atoms with Crippen molar-refractivity contribution in [2.24, 2.45) is 0 Å². The van der Waals surface area contributed by atoms with Crippen LogP contribution in [-0.2, 0) is 9.47 Å². The normalized spacial score (nSPS) is 17.9. The molecule has 24 heavy (non-hydrogen) atoms. The summed E-state index contributed by atoms with van der Waals surface area (Å²) in [5, 5.41) is 7.08. The molecule has 0 bridgehead atoms. The van der Waals surface area contributed by atoms with Crippen LogP contribution >= 0.6 is 0 Å². The average molecular weight is 345 g/mol. The second-order valence-electron chi connectivity index (χ2n) is 9.62. The van der Waals surface area contributed by atoms with E-state index in [2.05, 4.69) is 93.7 Å². The molecule has 2 N–H and O–H groups in total. The molecule has 0 heterocycles. The molecular formula is C20H44N2O2. The molecule has 0 rings (SSSR count). The third kappa shape index (κ3) is 9.36. The Morgan fingerprint density at radius 3 is 1.71 bits per heavy atom. The van der Waals surface area contributed by atoms with Gasteiger partial charge in [-0.2, -0.15) is 0 Å². The predicted molar refractivity (Wildman–Crippen MR) is 105 cm³/mol. The van der Waals surface area contributed by atoms with Gasteiger partial charge in [-0.1, -0.05) is 13.8 Å². The van der Waals surface area contributed by atoms with Crippen LogP contribution in [0.5, 0.6) is 0 Å². The summed E-state index contributed by atoms with van der Waals surface area (Å²) in [5.74, 6) is 0. The zero-order chi connectivity index (χ0) is 19.3. The molecule has 0 saturated carbocycles. The predicted octanol–water partition coefficient (Wildman–Crippen LogP) is 4.13. The Morgan fingerprint density at radius 2 is 1.29 bits per heavy atom. The lowest BCUT2D eigenvalue weighted by Gasteiger charge is -2.41. The Morgan fingerprint density at radius 1 is 0.792 bits per heavy atom. The summed E-state index contributed by atoms with van der Waals surface area (Å²) in [7, 11) is 0. The highest BCUT2D eigenvalue weighted by molar-refractivity contribution is 4.88. The highest BCUT2D eigenvalue weighted by Crippen LogP contribution is 2.26. The molecule has 4 nitrogen and oxygen atoms in total. The minimum Gasteiger partial charge on any atom is -0.371 e. The van der Waals surface area contributed by atoms with Crippen LogP contribution < -0.4 is 10.6 Å². The first kappa shape index (κ1) is 23.8. The summed E-state index contributed by atoms with van der Waals surface area (Å²) in [6.45, 7) is 26.4. The number of hydrogen-bond donors (Lipinski definition) is 2. The second-order valence-corrected chi connectivity index (χ2v) is 9.62. The lowest BCUT2D eigenvalue weighted by atomic mass is 9.96. The maximum absolute atomic E-state index is 6.39. The highest BCUT2D eigenvalue weighted by Gasteiger charge is 2.36. The summed E-state index contributed by atoms with van der Waals surface area (Å²) < 4.78 is 12.6. The Bertz CT molecular complexity index is 359. The molecule has 0 aromatic carbocycles. The molecule has 0 aliphatic carbocycles. The topological polar surface area (TPSA) is 42.5 Å². The van der Waals surface area contributed by atoms with E-state index in [1.807, 2.05) is 0 Å². The summed E-state index contributed by atoms with van der Waals surface area (Å²) in [4.78, 5) is 0. The third-order valence-electron chi connectivity index (χ3n) is 4.47. The SMILES string of the molecule is CC(C)NC(C)C(C)(C)OC(C)C(C)(C)OCC(C)NC(C)(C)C. The van der Waals surface area contributed by atoms with Crippen LogP contribution in [-0.4, -0.2) is 47.6 Å². The lowest BCUT2D eigenvalue weighted by Crippen LogP contribution is -2.54. The van der Waals surface area contributed by atoms with E-state index in [0.717, 1.165) is 0 Å². The fourth-order valence-electron chi connectivity index (χ4n) is 2.64. The molecule has 0 saturated heterocycles. The van der Waals surface area contributed by atoms with Gasteiger partial charge < -0.3 is 20.1 Å². The van der Waals surface area contributed by atoms with Crippen molar-refractivity contribution >= 4 is 0 Å². The molecule has 0 aliphatic rings. The van der Waals surface area contributed by atoms with Crippen molar-refractivity contribution in [2.45, 2.75) is 124 Å². The number of rotatable bonds is 10. The summed E-state index contributed by atoms with van der Waals surface area (Å²) >= 11 is 0. The minimum atomic E-state index is -0.345. The third-order valence-corrected chi connectivity index (χ3v) is 4.47. The summed E-state index contributed by atoms with van der Waals surface area (Å²) in [6, 6.07) is 0.995. The summed E-state index contributed by atoms with van der Waals surface area (Å²) in [5.41, 5.74) is -0.517. The summed E-state index contributed by atoms with van der Waals surface area (Å²) in [6.07, 6.45) is -0.00857. The zero-order valence-corrected chi connectivity index (χ0v) is 18.3. The molecule has 0 amide bonds. The van der Waals surface area contributed by atoms with Crippen LogP contribution in [0.2, 0.25) is 0 Å². The monoisotopic (exact) mass is 344 g/mol. The van der Waals surface area contributed by atoms with E-state index in [0.29, 0.717) is 18.7 Å². The van der Waals surface area contributed by atoms with Crippen LogP contribution in [0.4, 0.5) is 0 Å². The number of nitrogens with one attached hydrogen (secondary N) is 2. The van der Waals surface area contributed by atoms with Gasteiger partial charge in [0, 0.05) is 23.7 Å². The van der Waals surface area contributed by atoms with Gasteiger partial charge in [-0.05, 0) is 69.2 Å². The Kier molecular flexibility index (Phi) is 8.92. The second kappa shape index (κ2) is 8.98. The molecule has 146 valence electrons. The van der Waals surface area contributed by atoms with Crippen molar-refractivity contribution in [3.8, 4) is 0 Å². The van der Waals surface area contributed by atoms with Gasteiger partial charge in [0.1, 0.15) is 0 Å². The van der Waals surface area contributed by atoms with Gasteiger partial charge in [0.2, 0.25) is 0 Å². The van der Waals surface area contributed by atoms with Crippen LogP contribution in [0.25, 0.3) is 0 Å². The largest absolute Gasteiger partial charge is 0.371 e. The molecule has 0 fully saturated rings. The Hall–Kier alpha value is -0.160. The molecule has 4 heteroatoms. The van der Waals surface area contributed by atoms with Crippen LogP contribution in [0.1, 0.15) is 83.1 Å². The van der Waals surface area contributed by atoms with Gasteiger partial charge in [0.05, 0.1) is 23.9 Å². The van der Waals surface area contributed by atoms with Gasteiger partial charge in [-0.15, -0.1) is 0 Å². The van der Waals surface area contributed by atoms with Crippen molar-refractivity contribution in [1.82, 2.24) is 10.6 Å². The van der Waals surface area contributed by atoms with E-state index >= 15 is 0 Å². The van der Waals surface area contributed by atoms with Crippen molar-refractivity contribution in [2.75, 3.05) is 6.61 Å². The van der Waals surface area contributed by atoms with Crippen LogP contribution in [0.15, 0.2) is 0 Å². The molecule has 0 aromatic rings. The van der Waals surface area contributed by atoms with Crippen molar-refractivity contribution < 1.29 is 9.47 Å². The first-order chi connectivity index (χ1) is 10.6. The molecular weight excluding hydrogens is 300 g/mol. The smallest absolute Gasteiger partial charge is 0.0885 e. The lowest BCUT2D eigenvalue weighted by molar-refractivity contribution is -0.175. The minimum absolute atomic E-state index is 0.00857. The molecule has 3 unspecified atom stereocenters. The van der Waals surface area contributed by atoms with Crippen molar-refractivity contribution in [3.05, 3.63) is 0 Å². The van der Waals surface area contributed by atoms with Crippen molar-refractivity contribution in [1.29, 1.82) is 0 Å². The molecule has 3 atom stereocenters. The molecule has 0 aliphatic heterocycles. The van der Waals surface area contributed by atoms with Gasteiger partial charge in [0.15, 0.2) is 0 Å². The fourth-order valence-corrected chi connectivity index (χ4v) is 2.64. The van der Waals surface area contributed by atoms with Gasteiger partial charge in [-0.3, -0.25) is 0 Å². The quantitative estimate of drug-likeness (QED) is 0.625. The first-order valence-corrected chi connectivity index (χ1v) is 9.42. The zero-order valence-electron chi connectivity index (χ0n) is 18.3. The fraction of sp³-hybridized carbons (Fsp3) is 1.00. The first-order valence-electron chi connectivity index (χ1n) is 9.42. The van der Waals surface area contributed by atoms with E-state index < -0.39 is 0 Å². The van der Waals surface area contributed by atoms with Gasteiger partial charge >= 0.3 is 0 Å². The Labute approximate surface area is 151 Å². The van der Waals surface area contributed by atoms with Gasteiger partial charge in [0.25, 0.3) is 0 Å².